The summed E-state index contributed by atoms with van der Waals surface area (Å²) in [6.45, 7) is 5.67. The second kappa shape index (κ2) is 7.50. The molecule has 0 aliphatic carbocycles. The number of hydrogen-bond acceptors (Lipinski definition) is 3. The number of aliphatic hydroxyl groups is 1. The number of amides is 1. The van der Waals surface area contributed by atoms with Crippen molar-refractivity contribution in [1.82, 2.24) is 5.32 Å². The molecule has 0 radical (unpaired) electrons. The van der Waals surface area contributed by atoms with Gasteiger partial charge < -0.3 is 15.2 Å². The standard InChI is InChI=1S/C14H20BrNO3/c1-4-10(3)16-13(18)8-19-14-9(2)5-12(15)6-11(14)7-17/h5-6,10,17H,4,7-8H2,1-3H3,(H,16,18). The number of halogens is 1. The molecule has 0 aliphatic rings. The summed E-state index contributed by atoms with van der Waals surface area (Å²) in [6.07, 6.45) is 0.880. The summed E-state index contributed by atoms with van der Waals surface area (Å²) in [4.78, 5) is 11.7. The second-order valence-electron chi connectivity index (χ2n) is 4.53. The van der Waals surface area contributed by atoms with Gasteiger partial charge in [-0.15, -0.1) is 0 Å². The summed E-state index contributed by atoms with van der Waals surface area (Å²) in [5.41, 5.74) is 1.55. The lowest BCUT2D eigenvalue weighted by atomic mass is 10.1. The summed E-state index contributed by atoms with van der Waals surface area (Å²) < 4.78 is 6.41. The van der Waals surface area contributed by atoms with Crippen LogP contribution in [0.15, 0.2) is 16.6 Å². The highest BCUT2D eigenvalue weighted by Gasteiger charge is 2.11. The van der Waals surface area contributed by atoms with E-state index in [9.17, 15) is 9.90 Å². The number of rotatable bonds is 6. The van der Waals surface area contributed by atoms with E-state index in [0.717, 1.165) is 16.5 Å². The summed E-state index contributed by atoms with van der Waals surface area (Å²) >= 11 is 3.36. The molecule has 1 aromatic rings. The molecule has 4 nitrogen and oxygen atoms in total. The third-order valence-electron chi connectivity index (χ3n) is 2.85. The van der Waals surface area contributed by atoms with E-state index >= 15 is 0 Å². The molecule has 0 aliphatic heterocycles. The minimum atomic E-state index is -0.152. The van der Waals surface area contributed by atoms with E-state index in [0.29, 0.717) is 11.3 Å². The number of benzene rings is 1. The predicted molar refractivity (Wildman–Crippen MR) is 78.2 cm³/mol. The lowest BCUT2D eigenvalue weighted by Gasteiger charge is -2.15. The fraction of sp³-hybridized carbons (Fsp3) is 0.500. The maximum absolute atomic E-state index is 11.7. The Labute approximate surface area is 122 Å². The van der Waals surface area contributed by atoms with Gasteiger partial charge in [0, 0.05) is 16.1 Å². The number of hydrogen-bond donors (Lipinski definition) is 2. The lowest BCUT2D eigenvalue weighted by molar-refractivity contribution is -0.123. The summed E-state index contributed by atoms with van der Waals surface area (Å²) in [5, 5.41) is 12.1. The zero-order valence-electron chi connectivity index (χ0n) is 11.5. The van der Waals surface area contributed by atoms with Gasteiger partial charge in [-0.3, -0.25) is 4.79 Å². The fourth-order valence-corrected chi connectivity index (χ4v) is 2.30. The smallest absolute Gasteiger partial charge is 0.258 e. The van der Waals surface area contributed by atoms with Crippen LogP contribution in [0.2, 0.25) is 0 Å². The molecule has 2 N–H and O–H groups in total. The zero-order valence-corrected chi connectivity index (χ0v) is 13.1. The maximum Gasteiger partial charge on any atom is 0.258 e. The Morgan fingerprint density at radius 3 is 2.79 bits per heavy atom. The van der Waals surface area contributed by atoms with Gasteiger partial charge >= 0.3 is 0 Å². The lowest BCUT2D eigenvalue weighted by Crippen LogP contribution is -2.35. The first-order chi connectivity index (χ1) is 8.97. The Hall–Kier alpha value is -1.07. The molecule has 0 bridgehead atoms. The normalized spacial score (nSPS) is 12.1. The molecule has 106 valence electrons. The number of ether oxygens (including phenoxy) is 1. The number of aliphatic hydroxyl groups excluding tert-OH is 1. The van der Waals surface area contributed by atoms with E-state index in [1.807, 2.05) is 26.8 Å². The van der Waals surface area contributed by atoms with Crippen LogP contribution in [-0.2, 0) is 11.4 Å². The zero-order chi connectivity index (χ0) is 14.4. The Morgan fingerprint density at radius 2 is 2.21 bits per heavy atom. The van der Waals surface area contributed by atoms with Crippen LogP contribution in [0.3, 0.4) is 0 Å². The van der Waals surface area contributed by atoms with Crippen LogP contribution >= 0.6 is 15.9 Å². The average molecular weight is 330 g/mol. The van der Waals surface area contributed by atoms with Crippen LogP contribution in [0.4, 0.5) is 0 Å². The van der Waals surface area contributed by atoms with Crippen molar-refractivity contribution in [3.05, 3.63) is 27.7 Å². The average Bonchev–Trinajstić information content (AvgIpc) is 2.36. The van der Waals surface area contributed by atoms with Gasteiger partial charge in [0.2, 0.25) is 0 Å². The highest BCUT2D eigenvalue weighted by Crippen LogP contribution is 2.28. The number of carbonyl (C=O) groups is 1. The highest BCUT2D eigenvalue weighted by atomic mass is 79.9. The minimum absolute atomic E-state index is 0.0419. The molecular formula is C14H20BrNO3. The first-order valence-electron chi connectivity index (χ1n) is 6.30. The van der Waals surface area contributed by atoms with E-state index in [2.05, 4.69) is 21.2 Å². The van der Waals surface area contributed by atoms with E-state index in [1.165, 1.54) is 0 Å². The van der Waals surface area contributed by atoms with Gasteiger partial charge in [-0.1, -0.05) is 22.9 Å². The topological polar surface area (TPSA) is 58.6 Å². The molecule has 1 atom stereocenters. The summed E-state index contributed by atoms with van der Waals surface area (Å²) in [5.74, 6) is 0.422. The van der Waals surface area contributed by atoms with E-state index in [1.54, 1.807) is 6.07 Å². The third kappa shape index (κ3) is 4.84. The first kappa shape index (κ1) is 16.0. The Balaban J connectivity index is 2.70. The largest absolute Gasteiger partial charge is 0.483 e. The molecule has 1 rings (SSSR count). The van der Waals surface area contributed by atoms with Crippen molar-refractivity contribution in [2.75, 3.05) is 6.61 Å². The number of nitrogens with one attached hydrogen (secondary N) is 1. The van der Waals surface area contributed by atoms with Crippen LogP contribution in [0.5, 0.6) is 5.75 Å². The van der Waals surface area contributed by atoms with Gasteiger partial charge in [0.15, 0.2) is 6.61 Å². The highest BCUT2D eigenvalue weighted by molar-refractivity contribution is 9.10. The number of aryl methyl sites for hydroxylation is 1. The van der Waals surface area contributed by atoms with Gasteiger partial charge in [-0.05, 0) is 38.0 Å². The van der Waals surface area contributed by atoms with Crippen molar-refractivity contribution >= 4 is 21.8 Å². The molecule has 0 fully saturated rings. The monoisotopic (exact) mass is 329 g/mol. The summed E-state index contributed by atoms with van der Waals surface area (Å²) in [6, 6.07) is 3.81. The molecule has 0 saturated heterocycles. The van der Waals surface area contributed by atoms with E-state index in [4.69, 9.17) is 4.74 Å². The van der Waals surface area contributed by atoms with Crippen molar-refractivity contribution in [2.24, 2.45) is 0 Å². The van der Waals surface area contributed by atoms with Crippen LogP contribution in [0, 0.1) is 6.92 Å². The van der Waals surface area contributed by atoms with Gasteiger partial charge in [0.1, 0.15) is 5.75 Å². The summed E-state index contributed by atoms with van der Waals surface area (Å²) in [7, 11) is 0. The molecule has 1 aromatic carbocycles. The van der Waals surface area contributed by atoms with Gasteiger partial charge in [-0.25, -0.2) is 0 Å². The van der Waals surface area contributed by atoms with Gasteiger partial charge in [0.25, 0.3) is 5.91 Å². The van der Waals surface area contributed by atoms with Gasteiger partial charge in [-0.2, -0.15) is 0 Å². The van der Waals surface area contributed by atoms with Crippen LogP contribution in [-0.4, -0.2) is 23.7 Å². The maximum atomic E-state index is 11.7. The fourth-order valence-electron chi connectivity index (χ4n) is 1.68. The molecule has 0 saturated carbocycles. The molecule has 1 amide bonds. The molecule has 5 heteroatoms. The van der Waals surface area contributed by atoms with E-state index < -0.39 is 0 Å². The second-order valence-corrected chi connectivity index (χ2v) is 5.45. The Bertz CT molecular complexity index is 449. The predicted octanol–water partition coefficient (Wildman–Crippen LogP) is 2.54. The van der Waals surface area contributed by atoms with Crippen molar-refractivity contribution in [1.29, 1.82) is 0 Å². The van der Waals surface area contributed by atoms with Crippen LogP contribution in [0.25, 0.3) is 0 Å². The molecule has 0 heterocycles. The SMILES string of the molecule is CCC(C)NC(=O)COc1c(C)cc(Br)cc1CO. The Morgan fingerprint density at radius 1 is 1.53 bits per heavy atom. The Kier molecular flexibility index (Phi) is 6.31. The molecule has 19 heavy (non-hydrogen) atoms. The minimum Gasteiger partial charge on any atom is -0.483 e. The van der Waals surface area contributed by atoms with Crippen molar-refractivity contribution in [3.8, 4) is 5.75 Å². The van der Waals surface area contributed by atoms with Crippen LogP contribution in [0.1, 0.15) is 31.4 Å². The third-order valence-corrected chi connectivity index (χ3v) is 3.31. The van der Waals surface area contributed by atoms with Crippen molar-refractivity contribution < 1.29 is 14.6 Å². The van der Waals surface area contributed by atoms with Gasteiger partial charge in [0.05, 0.1) is 6.61 Å². The molecule has 0 spiro atoms. The van der Waals surface area contributed by atoms with Crippen molar-refractivity contribution in [2.45, 2.75) is 39.8 Å². The molecule has 0 aromatic heterocycles. The van der Waals surface area contributed by atoms with Crippen LogP contribution < -0.4 is 10.1 Å². The van der Waals surface area contributed by atoms with E-state index in [-0.39, 0.29) is 25.2 Å². The molecular weight excluding hydrogens is 310 g/mol. The first-order valence-corrected chi connectivity index (χ1v) is 7.09. The number of carbonyl (C=O) groups excluding carboxylic acids is 1. The van der Waals surface area contributed by atoms with Crippen molar-refractivity contribution in [3.63, 3.8) is 0 Å². The quantitative estimate of drug-likeness (QED) is 0.843. The molecule has 1 unspecified atom stereocenters.